The average molecular weight is 375 g/mol. The van der Waals surface area contributed by atoms with Gasteiger partial charge in [-0.2, -0.15) is 0 Å². The van der Waals surface area contributed by atoms with E-state index in [1.165, 1.54) is 6.33 Å². The van der Waals surface area contributed by atoms with E-state index in [1.807, 2.05) is 30.1 Å². The second-order valence-electron chi connectivity index (χ2n) is 5.41. The van der Waals surface area contributed by atoms with Gasteiger partial charge in [0.15, 0.2) is 16.7 Å². The molecular formula is C17H21N5O3S. The van der Waals surface area contributed by atoms with Crippen LogP contribution in [0.5, 0.6) is 17.2 Å². The van der Waals surface area contributed by atoms with Crippen molar-refractivity contribution >= 4 is 28.5 Å². The first-order valence-corrected chi connectivity index (χ1v) is 9.09. The Labute approximate surface area is 155 Å². The maximum Gasteiger partial charge on any atom is 0.205 e. The zero-order valence-corrected chi connectivity index (χ0v) is 16.2. The quantitative estimate of drug-likeness (QED) is 0.631. The predicted molar refractivity (Wildman–Crippen MR) is 102 cm³/mol. The number of fused-ring (bicyclic) bond motifs is 1. The number of methoxy groups -OCH3 is 3. The monoisotopic (exact) mass is 375 g/mol. The third-order valence-electron chi connectivity index (χ3n) is 4.09. The number of imidazole rings is 1. The van der Waals surface area contributed by atoms with Crippen molar-refractivity contribution < 1.29 is 14.2 Å². The molecule has 0 unspecified atom stereocenters. The first kappa shape index (κ1) is 18.1. The minimum Gasteiger partial charge on any atom is -0.493 e. The fourth-order valence-corrected chi connectivity index (χ4v) is 3.31. The molecule has 0 atom stereocenters. The lowest BCUT2D eigenvalue weighted by Gasteiger charge is -2.16. The van der Waals surface area contributed by atoms with E-state index in [0.29, 0.717) is 35.1 Å². The lowest BCUT2D eigenvalue weighted by atomic mass is 10.2. The largest absolute Gasteiger partial charge is 0.493 e. The van der Waals surface area contributed by atoms with E-state index in [1.54, 1.807) is 33.1 Å². The molecule has 0 saturated carbocycles. The highest BCUT2D eigenvalue weighted by Crippen LogP contribution is 2.43. The van der Waals surface area contributed by atoms with Crippen molar-refractivity contribution in [1.29, 1.82) is 0 Å². The summed E-state index contributed by atoms with van der Waals surface area (Å²) in [6.07, 6.45) is 5.35. The molecule has 1 N–H and O–H groups in total. The number of nitrogens with zero attached hydrogens (tertiary/aromatic N) is 4. The van der Waals surface area contributed by atoms with E-state index in [-0.39, 0.29) is 0 Å². The Hall–Kier alpha value is -2.68. The normalized spacial score (nSPS) is 10.8. The fourth-order valence-electron chi connectivity index (χ4n) is 2.76. The molecule has 8 nitrogen and oxygen atoms in total. The number of aromatic nitrogens is 4. The molecule has 0 aliphatic heterocycles. The van der Waals surface area contributed by atoms with Gasteiger partial charge in [0.2, 0.25) is 5.75 Å². The molecule has 2 heterocycles. The Bertz CT molecular complexity index is 928. The van der Waals surface area contributed by atoms with Crippen LogP contribution in [0.25, 0.3) is 10.9 Å². The van der Waals surface area contributed by atoms with E-state index >= 15 is 0 Å². The molecule has 0 spiro atoms. The molecule has 0 saturated heterocycles. The van der Waals surface area contributed by atoms with Gasteiger partial charge < -0.3 is 24.1 Å². The number of ether oxygens (including phenoxy) is 3. The smallest absolute Gasteiger partial charge is 0.205 e. The van der Waals surface area contributed by atoms with Gasteiger partial charge in [0, 0.05) is 7.05 Å². The van der Waals surface area contributed by atoms with Crippen LogP contribution in [0, 0.1) is 0 Å². The van der Waals surface area contributed by atoms with Crippen LogP contribution in [0.1, 0.15) is 5.69 Å². The van der Waals surface area contributed by atoms with Crippen LogP contribution in [-0.4, -0.2) is 47.1 Å². The first-order valence-electron chi connectivity index (χ1n) is 7.86. The molecule has 0 aliphatic carbocycles. The summed E-state index contributed by atoms with van der Waals surface area (Å²) < 4.78 is 18.4. The molecule has 0 bridgehead atoms. The van der Waals surface area contributed by atoms with Gasteiger partial charge in [0.05, 0.1) is 45.2 Å². The molecule has 26 heavy (non-hydrogen) atoms. The van der Waals surface area contributed by atoms with Gasteiger partial charge in [-0.3, -0.25) is 0 Å². The van der Waals surface area contributed by atoms with Crippen LogP contribution < -0.4 is 19.5 Å². The minimum absolute atomic E-state index is 0.503. The van der Waals surface area contributed by atoms with Crippen LogP contribution >= 0.6 is 11.8 Å². The Kier molecular flexibility index (Phi) is 5.36. The molecule has 2 aromatic heterocycles. The number of anilines is 1. The summed E-state index contributed by atoms with van der Waals surface area (Å²) in [5.74, 6) is 2.25. The highest BCUT2D eigenvalue weighted by Gasteiger charge is 2.19. The van der Waals surface area contributed by atoms with Crippen LogP contribution in [0.4, 0.5) is 5.82 Å². The summed E-state index contributed by atoms with van der Waals surface area (Å²) in [6, 6.07) is 1.84. The molecule has 3 rings (SSSR count). The molecule has 138 valence electrons. The van der Waals surface area contributed by atoms with Crippen molar-refractivity contribution in [3.8, 4) is 17.2 Å². The molecule has 3 aromatic rings. The van der Waals surface area contributed by atoms with Crippen molar-refractivity contribution in [2.24, 2.45) is 7.05 Å². The third-order valence-corrected chi connectivity index (χ3v) is 4.84. The highest BCUT2D eigenvalue weighted by atomic mass is 32.2. The minimum atomic E-state index is 0.503. The van der Waals surface area contributed by atoms with Crippen LogP contribution in [0.3, 0.4) is 0 Å². The Morgan fingerprint density at radius 2 is 1.85 bits per heavy atom. The molecule has 0 amide bonds. The lowest BCUT2D eigenvalue weighted by molar-refractivity contribution is 0.327. The molecule has 0 aliphatic rings. The van der Waals surface area contributed by atoms with Crippen molar-refractivity contribution in [1.82, 2.24) is 19.5 Å². The molecule has 0 radical (unpaired) electrons. The van der Waals surface area contributed by atoms with E-state index in [9.17, 15) is 0 Å². The summed E-state index contributed by atoms with van der Waals surface area (Å²) in [5, 5.41) is 5.10. The van der Waals surface area contributed by atoms with Gasteiger partial charge in [0.1, 0.15) is 17.7 Å². The van der Waals surface area contributed by atoms with Crippen LogP contribution in [-0.2, 0) is 13.6 Å². The zero-order chi connectivity index (χ0) is 18.7. The van der Waals surface area contributed by atoms with Gasteiger partial charge in [-0.25, -0.2) is 15.0 Å². The summed E-state index contributed by atoms with van der Waals surface area (Å²) in [6.45, 7) is 0.576. The first-order chi connectivity index (χ1) is 12.6. The van der Waals surface area contributed by atoms with Crippen molar-refractivity contribution in [3.63, 3.8) is 0 Å². The topological polar surface area (TPSA) is 83.3 Å². The molecule has 1 aromatic carbocycles. The summed E-state index contributed by atoms with van der Waals surface area (Å²) in [4.78, 5) is 13.1. The van der Waals surface area contributed by atoms with Crippen molar-refractivity contribution in [2.45, 2.75) is 11.7 Å². The number of rotatable bonds is 7. The van der Waals surface area contributed by atoms with E-state index in [0.717, 1.165) is 16.2 Å². The number of benzene rings is 1. The van der Waals surface area contributed by atoms with Crippen LogP contribution in [0.2, 0.25) is 0 Å². The average Bonchev–Trinajstić information content (AvgIpc) is 3.04. The summed E-state index contributed by atoms with van der Waals surface area (Å²) in [5.41, 5.74) is 1.70. The van der Waals surface area contributed by atoms with Crippen molar-refractivity contribution in [2.75, 3.05) is 32.9 Å². The predicted octanol–water partition coefficient (Wildman–Crippen LogP) is 2.72. The van der Waals surface area contributed by atoms with Gasteiger partial charge in [0.25, 0.3) is 0 Å². The zero-order valence-electron chi connectivity index (χ0n) is 15.4. The van der Waals surface area contributed by atoms with Gasteiger partial charge >= 0.3 is 0 Å². The standard InChI is InChI=1S/C17H21N5O3S/c1-22-10(8-19-17(22)26-5)7-18-16-11-6-12(23-2)14(24-3)15(25-4)13(11)20-9-21-16/h6,8-9H,7H2,1-5H3,(H,18,20,21). The van der Waals surface area contributed by atoms with Crippen molar-refractivity contribution in [3.05, 3.63) is 24.3 Å². The fraction of sp³-hybridized carbons (Fsp3) is 0.353. The van der Waals surface area contributed by atoms with E-state index < -0.39 is 0 Å². The van der Waals surface area contributed by atoms with E-state index in [4.69, 9.17) is 14.2 Å². The molecule has 0 fully saturated rings. The number of thioether (sulfide) groups is 1. The third kappa shape index (κ3) is 3.10. The Balaban J connectivity index is 2.02. The number of hydrogen-bond donors (Lipinski definition) is 1. The second-order valence-corrected chi connectivity index (χ2v) is 6.19. The number of hydrogen-bond acceptors (Lipinski definition) is 8. The van der Waals surface area contributed by atoms with Crippen LogP contribution in [0.15, 0.2) is 23.7 Å². The lowest BCUT2D eigenvalue weighted by Crippen LogP contribution is -2.07. The maximum absolute atomic E-state index is 5.51. The Morgan fingerprint density at radius 1 is 1.08 bits per heavy atom. The summed E-state index contributed by atoms with van der Waals surface area (Å²) >= 11 is 1.61. The van der Waals surface area contributed by atoms with Gasteiger partial charge in [-0.1, -0.05) is 11.8 Å². The molecule has 9 heteroatoms. The summed E-state index contributed by atoms with van der Waals surface area (Å²) in [7, 11) is 6.72. The van der Waals surface area contributed by atoms with E-state index in [2.05, 4.69) is 20.3 Å². The van der Waals surface area contributed by atoms with Gasteiger partial charge in [-0.15, -0.1) is 0 Å². The SMILES string of the molecule is COc1cc2c(NCc3cnc(SC)n3C)ncnc2c(OC)c1OC. The maximum atomic E-state index is 5.51. The second kappa shape index (κ2) is 7.69. The highest BCUT2D eigenvalue weighted by molar-refractivity contribution is 7.98. The Morgan fingerprint density at radius 3 is 2.46 bits per heavy atom. The molecular weight excluding hydrogens is 354 g/mol. The van der Waals surface area contributed by atoms with Gasteiger partial charge in [-0.05, 0) is 12.3 Å². The number of nitrogens with one attached hydrogen (secondary N) is 1.